The molecule has 17 heavy (non-hydrogen) atoms. The number of carbonyl (C=O) groups excluding carboxylic acids is 2. The standard InChI is InChI=1S/C12H15NO4/c1-8-3-4-9(13)7-10(8)12(15)17-6-5-11(14)16-2/h3-4,7H,5-6,13H2,1-2H3. The Balaban J connectivity index is 2.58. The predicted molar refractivity (Wildman–Crippen MR) is 62.5 cm³/mol. The summed E-state index contributed by atoms with van der Waals surface area (Å²) in [6, 6.07) is 5.00. The van der Waals surface area contributed by atoms with Crippen LogP contribution in [0, 0.1) is 6.92 Å². The second kappa shape index (κ2) is 5.89. The van der Waals surface area contributed by atoms with Crippen LogP contribution in [0.2, 0.25) is 0 Å². The van der Waals surface area contributed by atoms with E-state index in [1.807, 2.05) is 0 Å². The summed E-state index contributed by atoms with van der Waals surface area (Å²) in [5, 5.41) is 0. The number of rotatable bonds is 4. The van der Waals surface area contributed by atoms with Crippen molar-refractivity contribution in [3.05, 3.63) is 29.3 Å². The minimum atomic E-state index is -0.487. The summed E-state index contributed by atoms with van der Waals surface area (Å²) in [5.74, 6) is -0.902. The molecule has 0 amide bonds. The molecule has 0 saturated heterocycles. The van der Waals surface area contributed by atoms with E-state index >= 15 is 0 Å². The van der Waals surface area contributed by atoms with Gasteiger partial charge in [0.2, 0.25) is 0 Å². The van der Waals surface area contributed by atoms with Gasteiger partial charge < -0.3 is 15.2 Å². The maximum Gasteiger partial charge on any atom is 0.338 e. The molecule has 0 aromatic heterocycles. The van der Waals surface area contributed by atoms with Crippen LogP contribution in [0.3, 0.4) is 0 Å². The number of hydrogen-bond acceptors (Lipinski definition) is 5. The van der Waals surface area contributed by atoms with Crippen LogP contribution in [-0.2, 0) is 14.3 Å². The van der Waals surface area contributed by atoms with E-state index in [1.165, 1.54) is 7.11 Å². The Labute approximate surface area is 99.5 Å². The predicted octanol–water partition coefficient (Wildman–Crippen LogP) is 1.30. The zero-order valence-electron chi connectivity index (χ0n) is 9.86. The molecule has 0 fully saturated rings. The lowest BCUT2D eigenvalue weighted by Crippen LogP contribution is -2.12. The third-order valence-electron chi connectivity index (χ3n) is 2.25. The lowest BCUT2D eigenvalue weighted by Gasteiger charge is -2.07. The Bertz CT molecular complexity index is 429. The van der Waals surface area contributed by atoms with Crippen LogP contribution in [0.15, 0.2) is 18.2 Å². The summed E-state index contributed by atoms with van der Waals surface area (Å²) in [6.45, 7) is 1.79. The van der Waals surface area contributed by atoms with E-state index in [0.717, 1.165) is 5.56 Å². The van der Waals surface area contributed by atoms with Crippen molar-refractivity contribution in [2.75, 3.05) is 19.5 Å². The van der Waals surface area contributed by atoms with Crippen molar-refractivity contribution in [2.24, 2.45) is 0 Å². The third kappa shape index (κ3) is 3.79. The van der Waals surface area contributed by atoms with Crippen LogP contribution in [0.25, 0.3) is 0 Å². The molecule has 5 heteroatoms. The molecular formula is C12H15NO4. The smallest absolute Gasteiger partial charge is 0.338 e. The molecule has 2 N–H and O–H groups in total. The maximum absolute atomic E-state index is 11.7. The molecule has 0 spiro atoms. The molecule has 1 aromatic rings. The number of nitrogens with two attached hydrogens (primary N) is 1. The summed E-state index contributed by atoms with van der Waals surface area (Å²) in [7, 11) is 1.28. The number of nitrogen functional groups attached to an aromatic ring is 1. The molecule has 0 aliphatic carbocycles. The topological polar surface area (TPSA) is 78.6 Å². The van der Waals surface area contributed by atoms with Gasteiger partial charge in [0.05, 0.1) is 19.1 Å². The minimum absolute atomic E-state index is 0.000252. The van der Waals surface area contributed by atoms with E-state index < -0.39 is 11.9 Å². The Morgan fingerprint density at radius 2 is 2.06 bits per heavy atom. The number of hydrogen-bond donors (Lipinski definition) is 1. The highest BCUT2D eigenvalue weighted by molar-refractivity contribution is 5.92. The van der Waals surface area contributed by atoms with Crippen LogP contribution in [0.5, 0.6) is 0 Å². The van der Waals surface area contributed by atoms with Crippen molar-refractivity contribution in [3.8, 4) is 0 Å². The fraction of sp³-hybridized carbons (Fsp3) is 0.333. The number of esters is 2. The highest BCUT2D eigenvalue weighted by Crippen LogP contribution is 2.13. The van der Waals surface area contributed by atoms with E-state index in [2.05, 4.69) is 4.74 Å². The van der Waals surface area contributed by atoms with Gasteiger partial charge in [0.1, 0.15) is 6.61 Å². The van der Waals surface area contributed by atoms with Crippen LogP contribution < -0.4 is 5.73 Å². The molecule has 0 bridgehead atoms. The summed E-state index contributed by atoms with van der Waals surface area (Å²) in [6.07, 6.45) is 0.0452. The molecule has 0 saturated carbocycles. The van der Waals surface area contributed by atoms with Crippen molar-refractivity contribution < 1.29 is 19.1 Å². The fourth-order valence-corrected chi connectivity index (χ4v) is 1.27. The molecule has 0 radical (unpaired) electrons. The van der Waals surface area contributed by atoms with E-state index in [1.54, 1.807) is 25.1 Å². The summed E-state index contributed by atoms with van der Waals surface area (Å²) in [5.41, 5.74) is 7.27. The molecule has 5 nitrogen and oxygen atoms in total. The first-order valence-corrected chi connectivity index (χ1v) is 5.14. The van der Waals surface area contributed by atoms with Crippen molar-refractivity contribution in [1.29, 1.82) is 0 Å². The molecule has 92 valence electrons. The average molecular weight is 237 g/mol. The van der Waals surface area contributed by atoms with Gasteiger partial charge in [-0.3, -0.25) is 4.79 Å². The SMILES string of the molecule is COC(=O)CCOC(=O)c1cc(N)ccc1C. The van der Waals surface area contributed by atoms with Crippen molar-refractivity contribution in [2.45, 2.75) is 13.3 Å². The quantitative estimate of drug-likeness (QED) is 0.630. The molecule has 0 aliphatic rings. The maximum atomic E-state index is 11.7. The zero-order valence-corrected chi connectivity index (χ0v) is 9.86. The van der Waals surface area contributed by atoms with Crippen molar-refractivity contribution >= 4 is 17.6 Å². The molecule has 0 heterocycles. The van der Waals surface area contributed by atoms with Gasteiger partial charge in [-0.15, -0.1) is 0 Å². The van der Waals surface area contributed by atoms with E-state index in [0.29, 0.717) is 11.3 Å². The number of aryl methyl sites for hydroxylation is 1. The molecule has 1 aromatic carbocycles. The Morgan fingerprint density at radius 1 is 1.35 bits per heavy atom. The molecule has 0 aliphatic heterocycles. The van der Waals surface area contributed by atoms with Gasteiger partial charge in [0, 0.05) is 5.69 Å². The molecule has 0 unspecified atom stereocenters. The Hall–Kier alpha value is -2.04. The first kappa shape index (κ1) is 13.0. The Morgan fingerprint density at radius 3 is 2.71 bits per heavy atom. The third-order valence-corrected chi connectivity index (χ3v) is 2.25. The Kier molecular flexibility index (Phi) is 4.51. The average Bonchev–Trinajstić information content (AvgIpc) is 2.31. The second-order valence-corrected chi connectivity index (χ2v) is 3.54. The highest BCUT2D eigenvalue weighted by Gasteiger charge is 2.11. The largest absolute Gasteiger partial charge is 0.469 e. The van der Waals surface area contributed by atoms with Gasteiger partial charge in [0.15, 0.2) is 0 Å². The normalized spacial score (nSPS) is 9.76. The van der Waals surface area contributed by atoms with Crippen LogP contribution in [-0.4, -0.2) is 25.7 Å². The minimum Gasteiger partial charge on any atom is -0.469 e. The van der Waals surface area contributed by atoms with Crippen LogP contribution >= 0.6 is 0 Å². The summed E-state index contributed by atoms with van der Waals surface area (Å²) in [4.78, 5) is 22.5. The van der Waals surface area contributed by atoms with Crippen LogP contribution in [0.1, 0.15) is 22.3 Å². The summed E-state index contributed by atoms with van der Waals surface area (Å²) < 4.78 is 9.37. The van der Waals surface area contributed by atoms with Crippen molar-refractivity contribution in [1.82, 2.24) is 0 Å². The zero-order chi connectivity index (χ0) is 12.8. The van der Waals surface area contributed by atoms with Gasteiger partial charge in [-0.05, 0) is 24.6 Å². The molecule has 1 rings (SSSR count). The highest BCUT2D eigenvalue weighted by atomic mass is 16.5. The number of carbonyl (C=O) groups is 2. The molecule has 0 atom stereocenters. The number of ether oxygens (including phenoxy) is 2. The van der Waals surface area contributed by atoms with E-state index in [4.69, 9.17) is 10.5 Å². The number of anilines is 1. The fourth-order valence-electron chi connectivity index (χ4n) is 1.27. The first-order valence-electron chi connectivity index (χ1n) is 5.14. The monoisotopic (exact) mass is 237 g/mol. The molecular weight excluding hydrogens is 222 g/mol. The van der Waals surface area contributed by atoms with Crippen molar-refractivity contribution in [3.63, 3.8) is 0 Å². The van der Waals surface area contributed by atoms with E-state index in [9.17, 15) is 9.59 Å². The van der Waals surface area contributed by atoms with Gasteiger partial charge >= 0.3 is 11.9 Å². The van der Waals surface area contributed by atoms with Gasteiger partial charge in [-0.1, -0.05) is 6.07 Å². The van der Waals surface area contributed by atoms with Gasteiger partial charge in [-0.25, -0.2) is 4.79 Å². The van der Waals surface area contributed by atoms with Gasteiger partial charge in [-0.2, -0.15) is 0 Å². The lowest BCUT2D eigenvalue weighted by atomic mass is 10.1. The second-order valence-electron chi connectivity index (χ2n) is 3.54. The van der Waals surface area contributed by atoms with E-state index in [-0.39, 0.29) is 13.0 Å². The van der Waals surface area contributed by atoms with Crippen LogP contribution in [0.4, 0.5) is 5.69 Å². The van der Waals surface area contributed by atoms with Gasteiger partial charge in [0.25, 0.3) is 0 Å². The number of benzene rings is 1. The first-order chi connectivity index (χ1) is 8.04. The lowest BCUT2D eigenvalue weighted by molar-refractivity contribution is -0.141. The number of methoxy groups -OCH3 is 1. The summed E-state index contributed by atoms with van der Waals surface area (Å²) >= 11 is 0.